The molecule has 0 spiro atoms. The van der Waals surface area contributed by atoms with E-state index in [4.69, 9.17) is 10.5 Å². The van der Waals surface area contributed by atoms with Crippen molar-refractivity contribution in [2.24, 2.45) is 5.73 Å². The van der Waals surface area contributed by atoms with E-state index in [0.29, 0.717) is 0 Å². The first-order chi connectivity index (χ1) is 8.00. The Bertz CT molecular complexity index is 403. The van der Waals surface area contributed by atoms with Crippen molar-refractivity contribution < 1.29 is 18.3 Å². The Hall–Kier alpha value is -1.40. The summed E-state index contributed by atoms with van der Waals surface area (Å²) in [5.74, 6) is -1.98. The summed E-state index contributed by atoms with van der Waals surface area (Å²) in [5.41, 5.74) is 5.32. The zero-order valence-electron chi connectivity index (χ0n) is 9.78. The van der Waals surface area contributed by atoms with Crippen molar-refractivity contribution in [3.8, 4) is 5.75 Å². The van der Waals surface area contributed by atoms with Gasteiger partial charge in [0.25, 0.3) is 0 Å². The molecule has 18 heavy (non-hydrogen) atoms. The predicted molar refractivity (Wildman–Crippen MR) is 65.8 cm³/mol. The zero-order chi connectivity index (χ0) is 12.8. The molecule has 0 unspecified atom stereocenters. The van der Waals surface area contributed by atoms with E-state index in [1.807, 2.05) is 0 Å². The number of ether oxygens (including phenoxy) is 1. The van der Waals surface area contributed by atoms with Gasteiger partial charge in [0.15, 0.2) is 11.6 Å². The minimum Gasteiger partial charge on any atom is -0.492 e. The number of carbonyl (C=O) groups is 1. The lowest BCUT2D eigenvalue weighted by molar-refractivity contribution is -0.122. The highest BCUT2D eigenvalue weighted by atomic mass is 35.5. The molecule has 3 N–H and O–H groups in total. The van der Waals surface area contributed by atoms with Gasteiger partial charge in [0.05, 0.1) is 12.6 Å². The van der Waals surface area contributed by atoms with Gasteiger partial charge in [-0.1, -0.05) is 0 Å². The van der Waals surface area contributed by atoms with Crippen LogP contribution >= 0.6 is 12.4 Å². The Kier molecular flexibility index (Phi) is 7.23. The summed E-state index contributed by atoms with van der Waals surface area (Å²) in [6, 6.07) is 2.65. The largest absolute Gasteiger partial charge is 0.492 e. The molecule has 7 heteroatoms. The standard InChI is InChI=1S/C11H14F2N2O2.ClH/c1-7(14)11(16)15-4-5-17-8-2-3-9(12)10(13)6-8;/h2-3,6-7H,4-5,14H2,1H3,(H,15,16);1H/t7-;/m1./s1. The van der Waals surface area contributed by atoms with Crippen LogP contribution < -0.4 is 15.8 Å². The average Bonchev–Trinajstić information content (AvgIpc) is 2.28. The van der Waals surface area contributed by atoms with Gasteiger partial charge in [0.1, 0.15) is 12.4 Å². The van der Waals surface area contributed by atoms with Crippen molar-refractivity contribution in [2.45, 2.75) is 13.0 Å². The van der Waals surface area contributed by atoms with Crippen LogP contribution in [0.5, 0.6) is 5.75 Å². The minimum atomic E-state index is -0.970. The molecule has 1 aromatic carbocycles. The summed E-state index contributed by atoms with van der Waals surface area (Å²) in [6.45, 7) is 1.97. The SMILES string of the molecule is C[C@@H](N)C(=O)NCCOc1ccc(F)c(F)c1.Cl. The van der Waals surface area contributed by atoms with Crippen LogP contribution in [0.4, 0.5) is 8.78 Å². The third kappa shape index (κ3) is 5.29. The second kappa shape index (κ2) is 7.84. The Morgan fingerprint density at radius 1 is 1.44 bits per heavy atom. The van der Waals surface area contributed by atoms with Crippen LogP contribution in [0.15, 0.2) is 18.2 Å². The third-order valence-electron chi connectivity index (χ3n) is 1.97. The van der Waals surface area contributed by atoms with Crippen molar-refractivity contribution in [2.75, 3.05) is 13.2 Å². The first-order valence-corrected chi connectivity index (χ1v) is 5.12. The second-order valence-corrected chi connectivity index (χ2v) is 3.50. The normalized spacial score (nSPS) is 11.3. The summed E-state index contributed by atoms with van der Waals surface area (Å²) in [5, 5.41) is 2.52. The van der Waals surface area contributed by atoms with Crippen LogP contribution in [0, 0.1) is 11.6 Å². The van der Waals surface area contributed by atoms with Gasteiger partial charge in [-0.15, -0.1) is 12.4 Å². The number of hydrogen-bond acceptors (Lipinski definition) is 3. The van der Waals surface area contributed by atoms with Gasteiger partial charge < -0.3 is 15.8 Å². The molecular formula is C11H15ClF2N2O2. The molecule has 0 aliphatic rings. The van der Waals surface area contributed by atoms with Crippen LogP contribution in [0.1, 0.15) is 6.92 Å². The molecule has 0 radical (unpaired) electrons. The highest BCUT2D eigenvalue weighted by Gasteiger charge is 2.06. The molecule has 0 bridgehead atoms. The Morgan fingerprint density at radius 3 is 2.67 bits per heavy atom. The van der Waals surface area contributed by atoms with Crippen molar-refractivity contribution in [1.29, 1.82) is 0 Å². The first kappa shape index (κ1) is 16.6. The number of amides is 1. The first-order valence-electron chi connectivity index (χ1n) is 5.12. The number of benzene rings is 1. The molecule has 0 aliphatic carbocycles. The van der Waals surface area contributed by atoms with Gasteiger partial charge in [-0.2, -0.15) is 0 Å². The van der Waals surface area contributed by atoms with Crippen molar-refractivity contribution in [1.82, 2.24) is 5.32 Å². The van der Waals surface area contributed by atoms with E-state index in [1.165, 1.54) is 6.07 Å². The van der Waals surface area contributed by atoms with Gasteiger partial charge >= 0.3 is 0 Å². The number of nitrogens with two attached hydrogens (primary N) is 1. The quantitative estimate of drug-likeness (QED) is 0.798. The molecule has 0 aliphatic heterocycles. The number of hydrogen-bond donors (Lipinski definition) is 2. The van der Waals surface area contributed by atoms with E-state index < -0.39 is 17.7 Å². The predicted octanol–water partition coefficient (Wildman–Crippen LogP) is 1.23. The van der Waals surface area contributed by atoms with Crippen LogP contribution in [-0.2, 0) is 4.79 Å². The van der Waals surface area contributed by atoms with Gasteiger partial charge in [-0.3, -0.25) is 4.79 Å². The van der Waals surface area contributed by atoms with Crippen molar-refractivity contribution in [3.05, 3.63) is 29.8 Å². The molecule has 0 aromatic heterocycles. The molecule has 1 amide bonds. The monoisotopic (exact) mass is 280 g/mol. The molecule has 0 heterocycles. The zero-order valence-corrected chi connectivity index (χ0v) is 10.6. The minimum absolute atomic E-state index is 0. The number of nitrogens with one attached hydrogen (secondary N) is 1. The fraction of sp³-hybridized carbons (Fsp3) is 0.364. The van der Waals surface area contributed by atoms with E-state index in [2.05, 4.69) is 5.32 Å². The van der Waals surface area contributed by atoms with Gasteiger partial charge in [0, 0.05) is 6.07 Å². The van der Waals surface area contributed by atoms with E-state index in [1.54, 1.807) is 6.92 Å². The highest BCUT2D eigenvalue weighted by Crippen LogP contribution is 2.14. The van der Waals surface area contributed by atoms with Crippen LogP contribution in [0.25, 0.3) is 0 Å². The third-order valence-corrected chi connectivity index (χ3v) is 1.97. The summed E-state index contributed by atoms with van der Waals surface area (Å²) in [6.07, 6.45) is 0. The Morgan fingerprint density at radius 2 is 2.11 bits per heavy atom. The smallest absolute Gasteiger partial charge is 0.236 e. The summed E-state index contributed by atoms with van der Waals surface area (Å²) < 4.78 is 30.5. The Labute approximate surface area is 110 Å². The molecule has 4 nitrogen and oxygen atoms in total. The van der Waals surface area contributed by atoms with Gasteiger partial charge in [-0.25, -0.2) is 8.78 Å². The van der Waals surface area contributed by atoms with E-state index in [-0.39, 0.29) is 37.2 Å². The fourth-order valence-corrected chi connectivity index (χ4v) is 1.07. The summed E-state index contributed by atoms with van der Waals surface area (Å²) in [4.78, 5) is 11.1. The van der Waals surface area contributed by atoms with E-state index in [9.17, 15) is 13.6 Å². The fourth-order valence-electron chi connectivity index (χ4n) is 1.07. The lowest BCUT2D eigenvalue weighted by atomic mass is 10.3. The lowest BCUT2D eigenvalue weighted by Gasteiger charge is -2.09. The topological polar surface area (TPSA) is 64.4 Å². The molecule has 0 saturated carbocycles. The Balaban J connectivity index is 0.00000289. The second-order valence-electron chi connectivity index (χ2n) is 3.50. The number of halogens is 3. The van der Waals surface area contributed by atoms with Gasteiger partial charge in [-0.05, 0) is 19.1 Å². The van der Waals surface area contributed by atoms with Crippen LogP contribution in [0.3, 0.4) is 0 Å². The molecular weight excluding hydrogens is 266 g/mol. The molecule has 1 rings (SSSR count). The average molecular weight is 281 g/mol. The maximum Gasteiger partial charge on any atom is 0.236 e. The molecule has 1 aromatic rings. The number of rotatable bonds is 5. The van der Waals surface area contributed by atoms with Crippen LogP contribution in [0.2, 0.25) is 0 Å². The molecule has 0 saturated heterocycles. The summed E-state index contributed by atoms with van der Waals surface area (Å²) >= 11 is 0. The molecule has 1 atom stereocenters. The molecule has 0 fully saturated rings. The lowest BCUT2D eigenvalue weighted by Crippen LogP contribution is -2.40. The maximum absolute atomic E-state index is 12.8. The van der Waals surface area contributed by atoms with Gasteiger partial charge in [0.2, 0.25) is 5.91 Å². The van der Waals surface area contributed by atoms with E-state index >= 15 is 0 Å². The summed E-state index contributed by atoms with van der Waals surface area (Å²) in [7, 11) is 0. The van der Waals surface area contributed by atoms with Crippen molar-refractivity contribution in [3.63, 3.8) is 0 Å². The maximum atomic E-state index is 12.8. The number of carbonyl (C=O) groups excluding carboxylic acids is 1. The molecule has 102 valence electrons. The van der Waals surface area contributed by atoms with E-state index in [0.717, 1.165) is 12.1 Å². The van der Waals surface area contributed by atoms with Crippen LogP contribution in [-0.4, -0.2) is 25.1 Å². The van der Waals surface area contributed by atoms with Crippen molar-refractivity contribution >= 4 is 18.3 Å². The highest BCUT2D eigenvalue weighted by molar-refractivity contribution is 5.85.